The molecule has 3 aromatic rings. The lowest BCUT2D eigenvalue weighted by Gasteiger charge is -2.28. The summed E-state index contributed by atoms with van der Waals surface area (Å²) in [5, 5.41) is 15.1. The number of carboxylic acid groups (broad SMARTS) is 1. The lowest BCUT2D eigenvalue weighted by molar-refractivity contribution is 0.0942. The fourth-order valence-electron chi connectivity index (χ4n) is 4.77. The van der Waals surface area contributed by atoms with E-state index in [1.54, 1.807) is 6.07 Å². The Bertz CT molecular complexity index is 1380. The maximum absolute atomic E-state index is 13.3. The van der Waals surface area contributed by atoms with Crippen LogP contribution in [0.1, 0.15) is 41.6 Å². The molecule has 37 heavy (non-hydrogen) atoms. The number of hydrogen-bond acceptors (Lipinski definition) is 5. The molecule has 1 aliphatic carbocycles. The molecule has 0 unspecified atom stereocenters. The van der Waals surface area contributed by atoms with Gasteiger partial charge in [0.25, 0.3) is 5.91 Å². The zero-order chi connectivity index (χ0) is 26.4. The van der Waals surface area contributed by atoms with Gasteiger partial charge in [-0.2, -0.15) is 0 Å². The van der Waals surface area contributed by atoms with Crippen molar-refractivity contribution >= 4 is 32.9 Å². The second kappa shape index (κ2) is 11.7. The molecule has 0 saturated heterocycles. The molecule has 1 fully saturated rings. The van der Waals surface area contributed by atoms with Crippen LogP contribution in [-0.4, -0.2) is 49.9 Å². The number of aromatic nitrogens is 1. The van der Waals surface area contributed by atoms with Crippen LogP contribution in [-0.2, 0) is 16.6 Å². The Labute approximate surface area is 216 Å². The predicted octanol–water partition coefficient (Wildman–Crippen LogP) is 3.75. The number of nitrogens with zero attached hydrogens (tertiary/aromatic N) is 1. The third-order valence-corrected chi connectivity index (χ3v) is 7.45. The van der Waals surface area contributed by atoms with Crippen molar-refractivity contribution in [1.29, 1.82) is 0 Å². The molecular weight excluding hydrogens is 492 g/mol. The van der Waals surface area contributed by atoms with E-state index in [1.807, 2.05) is 48.5 Å². The van der Waals surface area contributed by atoms with E-state index in [-0.39, 0.29) is 12.5 Å². The first kappa shape index (κ1) is 26.6. The predicted molar refractivity (Wildman–Crippen MR) is 143 cm³/mol. The summed E-state index contributed by atoms with van der Waals surface area (Å²) < 4.78 is 25.5. The molecule has 1 heterocycles. The van der Waals surface area contributed by atoms with Gasteiger partial charge in [0.05, 0.1) is 23.0 Å². The van der Waals surface area contributed by atoms with Crippen LogP contribution < -0.4 is 15.4 Å². The average Bonchev–Trinajstić information content (AvgIpc) is 2.89. The SMILES string of the molecule is CS(=O)(=O)NCc1cccc(-c2cc(C(=O)NCC3CCC(CNC(=O)O)CC3)c3ccccc3n2)c1. The molecule has 9 nitrogen and oxygen atoms in total. The molecule has 0 spiro atoms. The number of para-hydroxylation sites is 1. The average molecular weight is 525 g/mol. The Balaban J connectivity index is 1.48. The fraction of sp³-hybridized carbons (Fsp3) is 0.370. The van der Waals surface area contributed by atoms with Crippen LogP contribution in [0.5, 0.6) is 0 Å². The van der Waals surface area contributed by atoms with Gasteiger partial charge in [0.2, 0.25) is 10.0 Å². The monoisotopic (exact) mass is 524 g/mol. The van der Waals surface area contributed by atoms with Gasteiger partial charge in [-0.1, -0.05) is 36.4 Å². The quantitative estimate of drug-likeness (QED) is 0.336. The van der Waals surface area contributed by atoms with Gasteiger partial charge in [-0.15, -0.1) is 0 Å². The molecule has 2 aromatic carbocycles. The van der Waals surface area contributed by atoms with E-state index in [9.17, 15) is 18.0 Å². The first-order valence-electron chi connectivity index (χ1n) is 12.4. The van der Waals surface area contributed by atoms with E-state index in [1.165, 1.54) is 0 Å². The lowest BCUT2D eigenvalue weighted by Crippen LogP contribution is -2.34. The third-order valence-electron chi connectivity index (χ3n) is 6.78. The van der Waals surface area contributed by atoms with Crippen molar-refractivity contribution in [3.63, 3.8) is 0 Å². The Morgan fingerprint density at radius 1 is 0.946 bits per heavy atom. The number of carbonyl (C=O) groups is 2. The molecule has 1 aliphatic rings. The summed E-state index contributed by atoms with van der Waals surface area (Å²) in [6, 6.07) is 16.7. The van der Waals surface area contributed by atoms with Gasteiger partial charge in [0.1, 0.15) is 0 Å². The van der Waals surface area contributed by atoms with Gasteiger partial charge < -0.3 is 15.7 Å². The van der Waals surface area contributed by atoms with E-state index < -0.39 is 16.1 Å². The zero-order valence-corrected chi connectivity index (χ0v) is 21.6. The molecule has 0 radical (unpaired) electrons. The molecule has 0 atom stereocenters. The number of amides is 2. The maximum atomic E-state index is 13.3. The number of carbonyl (C=O) groups excluding carboxylic acids is 1. The maximum Gasteiger partial charge on any atom is 0.404 e. The van der Waals surface area contributed by atoms with Gasteiger partial charge in [-0.3, -0.25) is 4.79 Å². The van der Waals surface area contributed by atoms with Crippen molar-refractivity contribution in [1.82, 2.24) is 20.3 Å². The second-order valence-electron chi connectivity index (χ2n) is 9.65. The normalized spacial score (nSPS) is 17.9. The number of rotatable bonds is 9. The van der Waals surface area contributed by atoms with Crippen LogP contribution in [0, 0.1) is 11.8 Å². The zero-order valence-electron chi connectivity index (χ0n) is 20.7. The first-order chi connectivity index (χ1) is 17.7. The molecule has 1 saturated carbocycles. The number of hydrogen-bond donors (Lipinski definition) is 4. The van der Waals surface area contributed by atoms with E-state index in [0.29, 0.717) is 41.7 Å². The summed E-state index contributed by atoms with van der Waals surface area (Å²) in [5.41, 5.74) is 3.46. The van der Waals surface area contributed by atoms with Gasteiger partial charge in [0.15, 0.2) is 0 Å². The highest BCUT2D eigenvalue weighted by Crippen LogP contribution is 2.29. The molecular formula is C27H32N4O5S. The molecule has 0 bridgehead atoms. The molecule has 1 aromatic heterocycles. The van der Waals surface area contributed by atoms with Crippen LogP contribution in [0.3, 0.4) is 0 Å². The van der Waals surface area contributed by atoms with Crippen LogP contribution in [0.4, 0.5) is 4.79 Å². The molecule has 4 rings (SSSR count). The van der Waals surface area contributed by atoms with Gasteiger partial charge in [-0.25, -0.2) is 22.9 Å². The van der Waals surface area contributed by atoms with Crippen molar-refractivity contribution in [3.05, 3.63) is 65.7 Å². The minimum Gasteiger partial charge on any atom is -0.465 e. The summed E-state index contributed by atoms with van der Waals surface area (Å²) in [7, 11) is -3.32. The highest BCUT2D eigenvalue weighted by Gasteiger charge is 2.23. The van der Waals surface area contributed by atoms with Gasteiger partial charge in [-0.05, 0) is 61.3 Å². The minimum absolute atomic E-state index is 0.163. The summed E-state index contributed by atoms with van der Waals surface area (Å²) in [5.74, 6) is 0.541. The van der Waals surface area contributed by atoms with Crippen LogP contribution in [0.15, 0.2) is 54.6 Å². The molecule has 2 amide bonds. The first-order valence-corrected chi connectivity index (χ1v) is 14.3. The van der Waals surface area contributed by atoms with Gasteiger partial charge >= 0.3 is 6.09 Å². The second-order valence-corrected chi connectivity index (χ2v) is 11.5. The Hall–Kier alpha value is -3.50. The third kappa shape index (κ3) is 7.50. The van der Waals surface area contributed by atoms with Crippen molar-refractivity contribution in [2.24, 2.45) is 11.8 Å². The number of benzene rings is 2. The molecule has 0 aliphatic heterocycles. The summed E-state index contributed by atoms with van der Waals surface area (Å²) in [6.07, 6.45) is 3.90. The fourth-order valence-corrected chi connectivity index (χ4v) is 5.20. The highest BCUT2D eigenvalue weighted by atomic mass is 32.2. The molecule has 10 heteroatoms. The Kier molecular flexibility index (Phi) is 8.40. The minimum atomic E-state index is -3.32. The number of nitrogens with one attached hydrogen (secondary N) is 3. The van der Waals surface area contributed by atoms with Crippen molar-refractivity contribution in [2.45, 2.75) is 32.2 Å². The van der Waals surface area contributed by atoms with E-state index in [2.05, 4.69) is 15.4 Å². The summed E-state index contributed by atoms with van der Waals surface area (Å²) in [4.78, 5) is 28.8. The van der Waals surface area contributed by atoms with Gasteiger partial charge in [0, 0.05) is 30.6 Å². The largest absolute Gasteiger partial charge is 0.465 e. The highest BCUT2D eigenvalue weighted by molar-refractivity contribution is 7.88. The number of fused-ring (bicyclic) bond motifs is 1. The number of pyridine rings is 1. The Morgan fingerprint density at radius 3 is 2.30 bits per heavy atom. The number of sulfonamides is 1. The molecule has 196 valence electrons. The standard InChI is InChI=1S/C27H32N4O5S/c1-37(35,36)30-17-20-5-4-6-21(13-20)25-14-23(22-7-2-3-8-24(22)31-25)26(32)28-15-18-9-11-19(12-10-18)16-29-27(33)34/h2-8,13-14,18-19,29-30H,9-12,15-17H2,1H3,(H,28,32)(H,33,34). The van der Waals surface area contributed by atoms with E-state index >= 15 is 0 Å². The smallest absolute Gasteiger partial charge is 0.404 e. The summed E-state index contributed by atoms with van der Waals surface area (Å²) >= 11 is 0. The van der Waals surface area contributed by atoms with Crippen LogP contribution in [0.2, 0.25) is 0 Å². The molecule has 4 N–H and O–H groups in total. The topological polar surface area (TPSA) is 137 Å². The summed E-state index contributed by atoms with van der Waals surface area (Å²) in [6.45, 7) is 1.21. The van der Waals surface area contributed by atoms with Crippen molar-refractivity contribution < 1.29 is 23.1 Å². The van der Waals surface area contributed by atoms with Crippen molar-refractivity contribution in [3.8, 4) is 11.3 Å². The van der Waals surface area contributed by atoms with E-state index in [0.717, 1.165) is 48.5 Å². The van der Waals surface area contributed by atoms with E-state index in [4.69, 9.17) is 10.1 Å². The lowest BCUT2D eigenvalue weighted by atomic mass is 9.82. The van der Waals surface area contributed by atoms with Crippen molar-refractivity contribution in [2.75, 3.05) is 19.3 Å². The van der Waals surface area contributed by atoms with Crippen LogP contribution >= 0.6 is 0 Å². The Morgan fingerprint density at radius 2 is 1.62 bits per heavy atom. The van der Waals surface area contributed by atoms with Crippen LogP contribution in [0.25, 0.3) is 22.2 Å².